The minimum absolute atomic E-state index is 0.381. The molecule has 1 heteroatoms. The van der Waals surface area contributed by atoms with E-state index in [9.17, 15) is 5.11 Å². The van der Waals surface area contributed by atoms with Crippen molar-refractivity contribution in [3.8, 4) is 5.75 Å². The molecule has 0 saturated heterocycles. The molecular weight excluding hydrogens is 160 g/mol. The molecule has 1 aromatic rings. The quantitative estimate of drug-likeness (QED) is 0.701. The fourth-order valence-electron chi connectivity index (χ4n) is 1.27. The van der Waals surface area contributed by atoms with Crippen molar-refractivity contribution < 1.29 is 5.11 Å². The first-order valence-electron chi connectivity index (χ1n) is 4.58. The Morgan fingerprint density at radius 1 is 1.46 bits per heavy atom. The van der Waals surface area contributed by atoms with Crippen LogP contribution in [0.5, 0.6) is 5.75 Å². The van der Waals surface area contributed by atoms with E-state index < -0.39 is 0 Å². The van der Waals surface area contributed by atoms with Gasteiger partial charge >= 0.3 is 0 Å². The fourth-order valence-corrected chi connectivity index (χ4v) is 1.27. The zero-order valence-corrected chi connectivity index (χ0v) is 8.25. The summed E-state index contributed by atoms with van der Waals surface area (Å²) in [4.78, 5) is 0. The van der Waals surface area contributed by atoms with Gasteiger partial charge < -0.3 is 5.11 Å². The van der Waals surface area contributed by atoms with E-state index in [1.165, 1.54) is 5.56 Å². The molecule has 0 radical (unpaired) electrons. The Morgan fingerprint density at radius 2 is 2.15 bits per heavy atom. The molecule has 0 atom stereocenters. The van der Waals surface area contributed by atoms with Crippen molar-refractivity contribution in [1.82, 2.24) is 0 Å². The lowest BCUT2D eigenvalue weighted by Crippen LogP contribution is -1.89. The normalized spacial score (nSPS) is 10.4. The Kier molecular flexibility index (Phi) is 3.13. The number of rotatable bonds is 3. The zero-order valence-electron chi connectivity index (χ0n) is 8.25. The number of benzene rings is 1. The first kappa shape index (κ1) is 9.85. The summed E-state index contributed by atoms with van der Waals surface area (Å²) in [5.41, 5.74) is 2.12. The van der Waals surface area contributed by atoms with E-state index in [0.29, 0.717) is 11.7 Å². The fraction of sp³-hybridized carbons (Fsp3) is 0.333. The van der Waals surface area contributed by atoms with Crippen LogP contribution in [-0.2, 0) is 6.42 Å². The Hall–Kier alpha value is -1.24. The molecule has 1 N–H and O–H groups in total. The van der Waals surface area contributed by atoms with Crippen LogP contribution in [0.3, 0.4) is 0 Å². The summed E-state index contributed by atoms with van der Waals surface area (Å²) in [6.07, 6.45) is 2.52. The lowest BCUT2D eigenvalue weighted by molar-refractivity contribution is 0.468. The predicted molar refractivity (Wildman–Crippen MR) is 56.1 cm³/mol. The smallest absolute Gasteiger partial charge is 0.119 e. The highest BCUT2D eigenvalue weighted by Gasteiger charge is 2.03. The molecule has 1 rings (SSSR count). The molecule has 0 fully saturated rings. The van der Waals surface area contributed by atoms with Crippen LogP contribution in [0, 0.1) is 0 Å². The summed E-state index contributed by atoms with van der Waals surface area (Å²) in [6.45, 7) is 7.87. The summed E-state index contributed by atoms with van der Waals surface area (Å²) >= 11 is 0. The SMILES string of the molecule is C=CCc1ccc(C(C)C)cc1O. The van der Waals surface area contributed by atoms with Gasteiger partial charge in [0.25, 0.3) is 0 Å². The second-order valence-corrected chi connectivity index (χ2v) is 3.54. The first-order chi connectivity index (χ1) is 6.15. The van der Waals surface area contributed by atoms with Gasteiger partial charge in [0, 0.05) is 0 Å². The molecule has 70 valence electrons. The van der Waals surface area contributed by atoms with E-state index in [4.69, 9.17) is 0 Å². The predicted octanol–water partition coefficient (Wildman–Crippen LogP) is 3.24. The maximum Gasteiger partial charge on any atom is 0.119 e. The third-order valence-corrected chi connectivity index (χ3v) is 2.14. The van der Waals surface area contributed by atoms with Crippen LogP contribution in [0.4, 0.5) is 0 Å². The molecule has 13 heavy (non-hydrogen) atoms. The average molecular weight is 176 g/mol. The van der Waals surface area contributed by atoms with Crippen molar-refractivity contribution in [1.29, 1.82) is 0 Å². The van der Waals surface area contributed by atoms with Gasteiger partial charge in [0.2, 0.25) is 0 Å². The molecule has 0 bridgehead atoms. The van der Waals surface area contributed by atoms with Gasteiger partial charge in [-0.2, -0.15) is 0 Å². The second kappa shape index (κ2) is 4.13. The molecule has 0 aliphatic heterocycles. The lowest BCUT2D eigenvalue weighted by atomic mass is 10.00. The van der Waals surface area contributed by atoms with Crippen LogP contribution in [0.1, 0.15) is 30.9 Å². The molecule has 0 aliphatic carbocycles. The maximum atomic E-state index is 9.62. The van der Waals surface area contributed by atoms with Crippen molar-refractivity contribution in [2.24, 2.45) is 0 Å². The summed E-state index contributed by atoms with van der Waals surface area (Å²) in [7, 11) is 0. The Bertz CT molecular complexity index is 300. The summed E-state index contributed by atoms with van der Waals surface area (Å²) in [6, 6.07) is 5.86. The van der Waals surface area contributed by atoms with Crippen molar-refractivity contribution in [2.45, 2.75) is 26.2 Å². The molecule has 0 aliphatic rings. The minimum atomic E-state index is 0.381. The van der Waals surface area contributed by atoms with Gasteiger partial charge in [-0.05, 0) is 29.5 Å². The lowest BCUT2D eigenvalue weighted by Gasteiger charge is -2.08. The number of phenolic OH excluding ortho intramolecular Hbond substituents is 1. The van der Waals surface area contributed by atoms with Crippen LogP contribution < -0.4 is 0 Å². The Morgan fingerprint density at radius 3 is 2.62 bits per heavy atom. The van der Waals surface area contributed by atoms with Gasteiger partial charge in [-0.25, -0.2) is 0 Å². The Balaban J connectivity index is 2.98. The Labute approximate surface area is 79.7 Å². The zero-order chi connectivity index (χ0) is 9.84. The highest BCUT2D eigenvalue weighted by atomic mass is 16.3. The van der Waals surface area contributed by atoms with Crippen molar-refractivity contribution in [3.05, 3.63) is 42.0 Å². The van der Waals surface area contributed by atoms with E-state index in [-0.39, 0.29) is 0 Å². The van der Waals surface area contributed by atoms with Gasteiger partial charge in [0.15, 0.2) is 0 Å². The number of hydrogen-bond donors (Lipinski definition) is 1. The van der Waals surface area contributed by atoms with Crippen molar-refractivity contribution in [2.75, 3.05) is 0 Å². The second-order valence-electron chi connectivity index (χ2n) is 3.54. The largest absolute Gasteiger partial charge is 0.508 e. The monoisotopic (exact) mass is 176 g/mol. The molecule has 1 aromatic carbocycles. The number of allylic oxidation sites excluding steroid dienone is 1. The van der Waals surface area contributed by atoms with Crippen LogP contribution in [-0.4, -0.2) is 5.11 Å². The van der Waals surface area contributed by atoms with Gasteiger partial charge in [-0.3, -0.25) is 0 Å². The van der Waals surface area contributed by atoms with E-state index in [1.54, 1.807) is 6.08 Å². The third kappa shape index (κ3) is 2.35. The van der Waals surface area contributed by atoms with Crippen LogP contribution in [0.25, 0.3) is 0 Å². The molecule has 0 amide bonds. The minimum Gasteiger partial charge on any atom is -0.508 e. The molecule has 1 nitrogen and oxygen atoms in total. The molecule has 0 unspecified atom stereocenters. The number of hydrogen-bond acceptors (Lipinski definition) is 1. The topological polar surface area (TPSA) is 20.2 Å². The average Bonchev–Trinajstić information content (AvgIpc) is 2.08. The van der Waals surface area contributed by atoms with E-state index in [2.05, 4.69) is 26.5 Å². The molecule has 0 aromatic heterocycles. The van der Waals surface area contributed by atoms with Gasteiger partial charge in [0.05, 0.1) is 0 Å². The van der Waals surface area contributed by atoms with Gasteiger partial charge in [0.1, 0.15) is 5.75 Å². The highest BCUT2D eigenvalue weighted by Crippen LogP contribution is 2.23. The van der Waals surface area contributed by atoms with E-state index >= 15 is 0 Å². The van der Waals surface area contributed by atoms with Gasteiger partial charge in [-0.15, -0.1) is 6.58 Å². The number of aromatic hydroxyl groups is 1. The summed E-state index contributed by atoms with van der Waals surface area (Å²) < 4.78 is 0. The molecule has 0 spiro atoms. The van der Waals surface area contributed by atoms with Crippen LogP contribution >= 0.6 is 0 Å². The van der Waals surface area contributed by atoms with Crippen molar-refractivity contribution >= 4 is 0 Å². The van der Waals surface area contributed by atoms with Gasteiger partial charge in [-0.1, -0.05) is 32.1 Å². The van der Waals surface area contributed by atoms with Crippen LogP contribution in [0.15, 0.2) is 30.9 Å². The maximum absolute atomic E-state index is 9.62. The number of phenols is 1. The first-order valence-corrected chi connectivity index (χ1v) is 4.58. The van der Waals surface area contributed by atoms with Crippen LogP contribution in [0.2, 0.25) is 0 Å². The summed E-state index contributed by atoms with van der Waals surface area (Å²) in [5, 5.41) is 9.62. The van der Waals surface area contributed by atoms with E-state index in [1.807, 2.05) is 12.1 Å². The highest BCUT2D eigenvalue weighted by molar-refractivity contribution is 5.38. The standard InChI is InChI=1S/C12H16O/c1-4-5-10-6-7-11(9(2)3)8-12(10)13/h4,6-9,13H,1,5H2,2-3H3. The molecule has 0 heterocycles. The molecule has 0 saturated carbocycles. The third-order valence-electron chi connectivity index (χ3n) is 2.14. The van der Waals surface area contributed by atoms with E-state index in [0.717, 1.165) is 12.0 Å². The van der Waals surface area contributed by atoms with Crippen molar-refractivity contribution in [3.63, 3.8) is 0 Å². The molecular formula is C12H16O. The summed E-state index contributed by atoms with van der Waals surface area (Å²) in [5.74, 6) is 0.842.